The minimum absolute atomic E-state index is 0.291. The number of hydrogen-bond acceptors (Lipinski definition) is 4. The number of aromatic nitrogens is 1. The van der Waals surface area contributed by atoms with Gasteiger partial charge in [-0.1, -0.05) is 6.07 Å². The number of nitrogens with zero attached hydrogens (tertiary/aromatic N) is 1. The van der Waals surface area contributed by atoms with E-state index in [4.69, 9.17) is 9.15 Å². The van der Waals surface area contributed by atoms with Gasteiger partial charge in [-0.2, -0.15) is 11.8 Å². The van der Waals surface area contributed by atoms with Crippen LogP contribution in [0.1, 0.15) is 11.3 Å². The monoisotopic (exact) mass is 347 g/mol. The summed E-state index contributed by atoms with van der Waals surface area (Å²) in [6.45, 7) is 0. The Morgan fingerprint density at radius 2 is 1.92 bits per heavy atom. The summed E-state index contributed by atoms with van der Waals surface area (Å²) in [5.41, 5.74) is 2.13. The topological polar surface area (TPSA) is 35.3 Å². The van der Waals surface area contributed by atoms with Crippen molar-refractivity contribution in [2.45, 2.75) is 11.5 Å². The van der Waals surface area contributed by atoms with E-state index in [0.717, 1.165) is 11.3 Å². The normalized spacial score (nSPS) is 10.8. The molecular formula is C18H15F2NO2S. The van der Waals surface area contributed by atoms with Crippen LogP contribution in [0.25, 0.3) is 11.5 Å². The second-order valence-electron chi connectivity index (χ2n) is 5.10. The molecule has 2 aromatic carbocycles. The molecule has 24 heavy (non-hydrogen) atoms. The molecule has 3 nitrogen and oxygen atoms in total. The SMILES string of the molecule is COc1ccc(F)cc1CSCc1coc(-c2cccc(F)c2)n1. The first-order valence-electron chi connectivity index (χ1n) is 7.26. The van der Waals surface area contributed by atoms with Crippen LogP contribution in [0, 0.1) is 11.6 Å². The Morgan fingerprint density at radius 3 is 2.71 bits per heavy atom. The summed E-state index contributed by atoms with van der Waals surface area (Å²) in [5, 5.41) is 0. The van der Waals surface area contributed by atoms with Gasteiger partial charge in [0.1, 0.15) is 23.6 Å². The van der Waals surface area contributed by atoms with Crippen molar-refractivity contribution < 1.29 is 17.9 Å². The van der Waals surface area contributed by atoms with E-state index in [-0.39, 0.29) is 11.6 Å². The molecule has 6 heteroatoms. The van der Waals surface area contributed by atoms with Crippen LogP contribution < -0.4 is 4.74 Å². The number of ether oxygens (including phenoxy) is 1. The maximum Gasteiger partial charge on any atom is 0.226 e. The van der Waals surface area contributed by atoms with Crippen molar-refractivity contribution in [3.63, 3.8) is 0 Å². The first kappa shape index (κ1) is 16.5. The van der Waals surface area contributed by atoms with Crippen molar-refractivity contribution in [1.82, 2.24) is 4.98 Å². The molecule has 0 aliphatic rings. The highest BCUT2D eigenvalue weighted by Crippen LogP contribution is 2.27. The van der Waals surface area contributed by atoms with Gasteiger partial charge in [0.2, 0.25) is 5.89 Å². The van der Waals surface area contributed by atoms with Crippen LogP contribution in [0.15, 0.2) is 53.1 Å². The lowest BCUT2D eigenvalue weighted by atomic mass is 10.2. The molecule has 0 amide bonds. The summed E-state index contributed by atoms with van der Waals surface area (Å²) >= 11 is 1.57. The smallest absolute Gasteiger partial charge is 0.226 e. The lowest BCUT2D eigenvalue weighted by Crippen LogP contribution is -1.92. The summed E-state index contributed by atoms with van der Waals surface area (Å²) < 4.78 is 37.2. The van der Waals surface area contributed by atoms with Crippen LogP contribution in [0.3, 0.4) is 0 Å². The lowest BCUT2D eigenvalue weighted by Gasteiger charge is -2.07. The molecule has 0 bridgehead atoms. The third-order valence-corrected chi connectivity index (χ3v) is 4.39. The maximum atomic E-state index is 13.3. The van der Waals surface area contributed by atoms with E-state index >= 15 is 0 Å². The number of rotatable bonds is 6. The van der Waals surface area contributed by atoms with E-state index in [1.807, 2.05) is 0 Å². The maximum absolute atomic E-state index is 13.3. The van der Waals surface area contributed by atoms with Crippen LogP contribution in [-0.4, -0.2) is 12.1 Å². The summed E-state index contributed by atoms with van der Waals surface area (Å²) in [6.07, 6.45) is 1.55. The average Bonchev–Trinajstić information content (AvgIpc) is 3.04. The van der Waals surface area contributed by atoms with Crippen LogP contribution in [0.5, 0.6) is 5.75 Å². The number of thioether (sulfide) groups is 1. The van der Waals surface area contributed by atoms with E-state index in [0.29, 0.717) is 28.7 Å². The highest BCUT2D eigenvalue weighted by atomic mass is 32.2. The van der Waals surface area contributed by atoms with Crippen LogP contribution in [-0.2, 0) is 11.5 Å². The predicted octanol–water partition coefficient (Wildman–Crippen LogP) is 5.06. The van der Waals surface area contributed by atoms with Crippen molar-refractivity contribution in [2.24, 2.45) is 0 Å². The molecule has 1 heterocycles. The third kappa shape index (κ3) is 3.94. The fourth-order valence-corrected chi connectivity index (χ4v) is 3.14. The van der Waals surface area contributed by atoms with Gasteiger partial charge in [-0.3, -0.25) is 0 Å². The van der Waals surface area contributed by atoms with Gasteiger partial charge in [0, 0.05) is 22.6 Å². The highest BCUT2D eigenvalue weighted by Gasteiger charge is 2.09. The zero-order valence-corrected chi connectivity index (χ0v) is 13.8. The van der Waals surface area contributed by atoms with Crippen molar-refractivity contribution in [1.29, 1.82) is 0 Å². The van der Waals surface area contributed by atoms with E-state index in [1.165, 1.54) is 24.3 Å². The van der Waals surface area contributed by atoms with Gasteiger partial charge in [0.15, 0.2) is 0 Å². The Morgan fingerprint density at radius 1 is 1.08 bits per heavy atom. The summed E-state index contributed by atoms with van der Waals surface area (Å²) in [4.78, 5) is 4.35. The fraction of sp³-hybridized carbons (Fsp3) is 0.167. The molecule has 0 unspecified atom stereocenters. The molecule has 0 fully saturated rings. The van der Waals surface area contributed by atoms with E-state index in [9.17, 15) is 8.78 Å². The molecule has 124 valence electrons. The minimum Gasteiger partial charge on any atom is -0.496 e. The number of halogens is 2. The van der Waals surface area contributed by atoms with Gasteiger partial charge in [-0.15, -0.1) is 0 Å². The molecule has 1 aromatic heterocycles. The molecule has 0 saturated carbocycles. The van der Waals surface area contributed by atoms with Crippen molar-refractivity contribution in [3.8, 4) is 17.2 Å². The number of oxazole rings is 1. The lowest BCUT2D eigenvalue weighted by molar-refractivity contribution is 0.410. The second kappa shape index (κ2) is 7.49. The fourth-order valence-electron chi connectivity index (χ4n) is 2.25. The van der Waals surface area contributed by atoms with Crippen molar-refractivity contribution in [3.05, 3.63) is 71.6 Å². The van der Waals surface area contributed by atoms with E-state index < -0.39 is 0 Å². The molecule has 0 aliphatic heterocycles. The van der Waals surface area contributed by atoms with Gasteiger partial charge in [-0.05, 0) is 36.4 Å². The van der Waals surface area contributed by atoms with Gasteiger partial charge in [0.25, 0.3) is 0 Å². The Kier molecular flexibility index (Phi) is 5.15. The summed E-state index contributed by atoms with van der Waals surface area (Å²) in [7, 11) is 1.56. The Bertz CT molecular complexity index is 835. The van der Waals surface area contributed by atoms with Crippen LogP contribution in [0.4, 0.5) is 8.78 Å². The molecule has 0 N–H and O–H groups in total. The molecule has 0 aliphatic carbocycles. The van der Waals surface area contributed by atoms with Crippen LogP contribution in [0.2, 0.25) is 0 Å². The molecule has 3 aromatic rings. The first-order chi connectivity index (χ1) is 11.7. The largest absolute Gasteiger partial charge is 0.496 e. The average molecular weight is 347 g/mol. The van der Waals surface area contributed by atoms with Crippen molar-refractivity contribution >= 4 is 11.8 Å². The molecule has 0 radical (unpaired) electrons. The number of benzene rings is 2. The third-order valence-electron chi connectivity index (χ3n) is 3.37. The van der Waals surface area contributed by atoms with Gasteiger partial charge in [0.05, 0.1) is 12.8 Å². The molecule has 0 saturated heterocycles. The minimum atomic E-state index is -0.333. The van der Waals surface area contributed by atoms with Crippen molar-refractivity contribution in [2.75, 3.05) is 7.11 Å². The Hall–Kier alpha value is -2.34. The second-order valence-corrected chi connectivity index (χ2v) is 6.09. The highest BCUT2D eigenvalue weighted by molar-refractivity contribution is 7.97. The summed E-state index contributed by atoms with van der Waals surface area (Å²) in [5.74, 6) is 1.60. The number of hydrogen-bond donors (Lipinski definition) is 0. The summed E-state index contributed by atoms with van der Waals surface area (Å²) in [6, 6.07) is 10.5. The van der Waals surface area contributed by atoms with Gasteiger partial charge < -0.3 is 9.15 Å². The Balaban J connectivity index is 1.63. The predicted molar refractivity (Wildman–Crippen MR) is 89.8 cm³/mol. The van der Waals surface area contributed by atoms with Gasteiger partial charge in [-0.25, -0.2) is 13.8 Å². The van der Waals surface area contributed by atoms with E-state index in [1.54, 1.807) is 43.3 Å². The number of methoxy groups -OCH3 is 1. The quantitative estimate of drug-likeness (QED) is 0.624. The zero-order valence-electron chi connectivity index (χ0n) is 13.0. The Labute approximate surface area is 142 Å². The van der Waals surface area contributed by atoms with E-state index in [2.05, 4.69) is 4.98 Å². The molecule has 0 spiro atoms. The molecule has 0 atom stereocenters. The molecular weight excluding hydrogens is 332 g/mol. The van der Waals surface area contributed by atoms with Gasteiger partial charge >= 0.3 is 0 Å². The zero-order chi connectivity index (χ0) is 16.9. The first-order valence-corrected chi connectivity index (χ1v) is 8.41. The van der Waals surface area contributed by atoms with Crippen LogP contribution >= 0.6 is 11.8 Å². The molecule has 3 rings (SSSR count). The standard InChI is InChI=1S/C18H15F2NO2S/c1-22-17-6-5-15(20)8-13(17)10-24-11-16-9-23-18(21-16)12-3-2-4-14(19)7-12/h2-9H,10-11H2,1H3.